The molecule has 0 fully saturated rings. The molecular weight excluding hydrogens is 547 g/mol. The van der Waals surface area contributed by atoms with Crippen LogP contribution in [0.5, 0.6) is 28.7 Å². The van der Waals surface area contributed by atoms with Gasteiger partial charge in [0.05, 0.1) is 5.92 Å². The van der Waals surface area contributed by atoms with Crippen molar-refractivity contribution in [3.05, 3.63) is 107 Å². The Morgan fingerprint density at radius 3 is 2.21 bits per heavy atom. The number of para-hydroxylation sites is 2. The normalized spacial score (nSPS) is 20.1. The molecule has 0 spiro atoms. The molecule has 0 amide bonds. The van der Waals surface area contributed by atoms with Gasteiger partial charge in [0.2, 0.25) is 9.84 Å². The molecule has 6 nitrogen and oxygen atoms in total. The standard InChI is InChI=1S/C34H25BO6S/c1-18-16-19(2)28(20(3)17-18)35-22-11-5-7-13-24(22)40-31-27-30(36)21-10-4-6-12-23(21)39-32(27)34-33(29(31)35)41-25-14-8-9-15-26(25)42(34,37)38/h4-17,21,23H,1-3H3. The molecule has 0 bridgehead atoms. The molecule has 3 heterocycles. The maximum absolute atomic E-state index is 14.4. The van der Waals surface area contributed by atoms with E-state index in [1.54, 1.807) is 36.4 Å². The highest BCUT2D eigenvalue weighted by Gasteiger charge is 2.50. The number of benzene rings is 4. The van der Waals surface area contributed by atoms with E-state index < -0.39 is 28.6 Å². The molecule has 4 aliphatic rings. The third-order valence-corrected chi connectivity index (χ3v) is 10.4. The van der Waals surface area contributed by atoms with Crippen LogP contribution in [0.25, 0.3) is 0 Å². The van der Waals surface area contributed by atoms with E-state index in [1.165, 1.54) is 6.07 Å². The van der Waals surface area contributed by atoms with Crippen molar-refractivity contribution in [1.29, 1.82) is 0 Å². The molecule has 8 rings (SSSR count). The molecule has 4 aromatic carbocycles. The van der Waals surface area contributed by atoms with Crippen molar-refractivity contribution in [2.75, 3.05) is 0 Å². The average Bonchev–Trinajstić information content (AvgIpc) is 2.96. The van der Waals surface area contributed by atoms with Crippen molar-refractivity contribution in [3.63, 3.8) is 0 Å². The number of aryl methyl sites for hydroxylation is 3. The van der Waals surface area contributed by atoms with Crippen LogP contribution in [0.1, 0.15) is 27.0 Å². The number of carbonyl (C=O) groups is 1. The zero-order chi connectivity index (χ0) is 28.9. The molecule has 2 unspecified atom stereocenters. The number of rotatable bonds is 1. The molecule has 3 aliphatic heterocycles. The van der Waals surface area contributed by atoms with Crippen LogP contribution >= 0.6 is 0 Å². The summed E-state index contributed by atoms with van der Waals surface area (Å²) in [7, 11) is -4.15. The van der Waals surface area contributed by atoms with Gasteiger partial charge in [-0.2, -0.15) is 0 Å². The minimum atomic E-state index is -4.15. The number of Topliss-reactive ketones (excluding diaryl/α,β-unsaturated/α-hetero) is 1. The number of hydrogen-bond donors (Lipinski definition) is 0. The largest absolute Gasteiger partial charge is 0.483 e. The minimum absolute atomic E-state index is 0.0139. The number of ketones is 1. The fourth-order valence-electron chi connectivity index (χ4n) is 6.97. The van der Waals surface area contributed by atoms with E-state index in [2.05, 4.69) is 32.9 Å². The summed E-state index contributed by atoms with van der Waals surface area (Å²) in [6.07, 6.45) is 6.55. The Labute approximate surface area is 244 Å². The summed E-state index contributed by atoms with van der Waals surface area (Å²) in [5.41, 5.74) is 5.76. The third-order valence-electron chi connectivity index (χ3n) is 8.62. The molecule has 4 aromatic rings. The maximum Gasteiger partial charge on any atom is 0.256 e. The fraction of sp³-hybridized carbons (Fsp3) is 0.147. The van der Waals surface area contributed by atoms with Crippen LogP contribution < -0.4 is 30.6 Å². The molecule has 0 radical (unpaired) electrons. The quantitative estimate of drug-likeness (QED) is 0.262. The Bertz CT molecular complexity index is 2040. The Balaban J connectivity index is 1.54. The Hall–Kier alpha value is -4.56. The second-order valence-corrected chi connectivity index (χ2v) is 13.1. The minimum Gasteiger partial charge on any atom is -0.483 e. The van der Waals surface area contributed by atoms with E-state index in [0.717, 1.165) is 27.6 Å². The lowest BCUT2D eigenvalue weighted by molar-refractivity contribution is 0.0795. The molecule has 1 aliphatic carbocycles. The van der Waals surface area contributed by atoms with E-state index in [9.17, 15) is 13.2 Å². The first-order valence-electron chi connectivity index (χ1n) is 13.9. The van der Waals surface area contributed by atoms with Crippen LogP contribution in [0.15, 0.2) is 94.8 Å². The summed E-state index contributed by atoms with van der Waals surface area (Å²) in [5, 5.41) is 0. The van der Waals surface area contributed by atoms with Gasteiger partial charge < -0.3 is 14.2 Å². The lowest BCUT2D eigenvalue weighted by atomic mass is 9.34. The van der Waals surface area contributed by atoms with Crippen LogP contribution in [0.2, 0.25) is 0 Å². The average molecular weight is 572 g/mol. The first-order valence-corrected chi connectivity index (χ1v) is 15.4. The Morgan fingerprint density at radius 2 is 1.43 bits per heavy atom. The molecule has 0 N–H and O–H groups in total. The first kappa shape index (κ1) is 25.2. The molecule has 8 heteroatoms. The van der Waals surface area contributed by atoms with Gasteiger partial charge in [-0.1, -0.05) is 82.8 Å². The Morgan fingerprint density at radius 1 is 0.762 bits per heavy atom. The topological polar surface area (TPSA) is 78.9 Å². The number of hydrogen-bond acceptors (Lipinski definition) is 6. The summed E-state index contributed by atoms with van der Waals surface area (Å²) in [5.74, 6) is 0.388. The van der Waals surface area contributed by atoms with Crippen LogP contribution in [-0.4, -0.2) is 27.0 Å². The lowest BCUT2D eigenvalue weighted by Crippen LogP contribution is -2.57. The van der Waals surface area contributed by atoms with Gasteiger partial charge in [-0.3, -0.25) is 4.79 Å². The zero-order valence-electron chi connectivity index (χ0n) is 23.2. The molecule has 0 saturated heterocycles. The highest BCUT2D eigenvalue weighted by molar-refractivity contribution is 7.92. The molecular formula is C34H25BO6S. The van der Waals surface area contributed by atoms with E-state index in [0.29, 0.717) is 11.2 Å². The van der Waals surface area contributed by atoms with Gasteiger partial charge in [0, 0.05) is 5.46 Å². The van der Waals surface area contributed by atoms with Crippen molar-refractivity contribution < 1.29 is 27.4 Å². The number of carbonyl (C=O) groups excluding carboxylic acids is 1. The van der Waals surface area contributed by atoms with E-state index in [4.69, 9.17) is 14.2 Å². The smallest absolute Gasteiger partial charge is 0.256 e. The van der Waals surface area contributed by atoms with Crippen LogP contribution in [-0.2, 0) is 9.84 Å². The van der Waals surface area contributed by atoms with Crippen LogP contribution in [0, 0.1) is 26.7 Å². The van der Waals surface area contributed by atoms with Crippen molar-refractivity contribution in [3.8, 4) is 28.7 Å². The van der Waals surface area contributed by atoms with E-state index in [-0.39, 0.29) is 44.1 Å². The van der Waals surface area contributed by atoms with Crippen LogP contribution in [0.4, 0.5) is 0 Å². The van der Waals surface area contributed by atoms with Gasteiger partial charge in [-0.15, -0.1) is 0 Å². The van der Waals surface area contributed by atoms with Gasteiger partial charge in [-0.05, 0) is 50.5 Å². The Kier molecular flexibility index (Phi) is 5.23. The van der Waals surface area contributed by atoms with Gasteiger partial charge in [-0.25, -0.2) is 8.42 Å². The van der Waals surface area contributed by atoms with Gasteiger partial charge in [0.1, 0.15) is 39.6 Å². The van der Waals surface area contributed by atoms with Gasteiger partial charge in [0.15, 0.2) is 16.4 Å². The first-order chi connectivity index (χ1) is 20.3. The number of allylic oxidation sites excluding steroid dienone is 2. The van der Waals surface area contributed by atoms with Crippen molar-refractivity contribution in [2.45, 2.75) is 36.7 Å². The SMILES string of the molecule is Cc1cc(C)c(B2c3ccccc3Oc3c2c2c(c4c3C(=O)C3C=CC=CC3O4)S(=O)(=O)c3ccccc3O2)c(C)c1. The second kappa shape index (κ2) is 8.72. The summed E-state index contributed by atoms with van der Waals surface area (Å²) in [6.45, 7) is 5.71. The van der Waals surface area contributed by atoms with Gasteiger partial charge in [0.25, 0.3) is 6.71 Å². The number of fused-ring (bicyclic) bond motifs is 9. The van der Waals surface area contributed by atoms with E-state index in [1.807, 2.05) is 30.3 Å². The molecule has 42 heavy (non-hydrogen) atoms. The van der Waals surface area contributed by atoms with Crippen LogP contribution in [0.3, 0.4) is 0 Å². The molecule has 206 valence electrons. The highest BCUT2D eigenvalue weighted by Crippen LogP contribution is 2.53. The summed E-state index contributed by atoms with van der Waals surface area (Å²) in [6, 6.07) is 18.5. The van der Waals surface area contributed by atoms with E-state index >= 15 is 0 Å². The van der Waals surface area contributed by atoms with Gasteiger partial charge >= 0.3 is 0 Å². The number of sulfone groups is 1. The zero-order valence-corrected chi connectivity index (χ0v) is 24.0. The van der Waals surface area contributed by atoms with Crippen molar-refractivity contribution >= 4 is 38.7 Å². The summed E-state index contributed by atoms with van der Waals surface area (Å²) in [4.78, 5) is 14.2. The summed E-state index contributed by atoms with van der Waals surface area (Å²) >= 11 is 0. The fourth-order valence-corrected chi connectivity index (χ4v) is 8.61. The predicted octanol–water partition coefficient (Wildman–Crippen LogP) is 4.86. The molecule has 2 atom stereocenters. The predicted molar refractivity (Wildman–Crippen MR) is 161 cm³/mol. The molecule has 0 saturated carbocycles. The maximum atomic E-state index is 14.4. The van der Waals surface area contributed by atoms with Crippen molar-refractivity contribution in [1.82, 2.24) is 0 Å². The van der Waals surface area contributed by atoms with Crippen molar-refractivity contribution in [2.24, 2.45) is 5.92 Å². The highest BCUT2D eigenvalue weighted by atomic mass is 32.2. The monoisotopic (exact) mass is 572 g/mol. The lowest BCUT2D eigenvalue weighted by Gasteiger charge is -2.38. The second-order valence-electron chi connectivity index (χ2n) is 11.3. The summed E-state index contributed by atoms with van der Waals surface area (Å²) < 4.78 is 48.4. The third kappa shape index (κ3) is 3.33. The molecule has 0 aromatic heterocycles. The number of ether oxygens (including phenoxy) is 3.